The number of halogens is 2. The highest BCUT2D eigenvalue weighted by Crippen LogP contribution is 2.25. The van der Waals surface area contributed by atoms with Crippen molar-refractivity contribution in [2.45, 2.75) is 12.2 Å². The smallest absolute Gasteiger partial charge is 0.316 e. The molecule has 0 aliphatic rings. The molecule has 18 heavy (non-hydrogen) atoms. The van der Waals surface area contributed by atoms with Crippen LogP contribution < -0.4 is 5.32 Å². The van der Waals surface area contributed by atoms with Crippen LogP contribution in [0.5, 0.6) is 0 Å². The zero-order chi connectivity index (χ0) is 13.7. The van der Waals surface area contributed by atoms with Gasteiger partial charge in [0.15, 0.2) is 0 Å². The summed E-state index contributed by atoms with van der Waals surface area (Å²) in [6.45, 7) is 1.53. The Morgan fingerprint density at radius 2 is 2.06 bits per heavy atom. The lowest BCUT2D eigenvalue weighted by molar-refractivity contribution is -0.136. The van der Waals surface area contributed by atoms with Crippen LogP contribution in [0.25, 0.3) is 0 Å². The zero-order valence-electron chi connectivity index (χ0n) is 9.44. The van der Waals surface area contributed by atoms with Crippen molar-refractivity contribution < 1.29 is 14.7 Å². The molecule has 2 N–H and O–H groups in total. The molecule has 0 spiro atoms. The molecular weight excluding hydrogens is 297 g/mol. The summed E-state index contributed by atoms with van der Waals surface area (Å²) in [5, 5.41) is 11.4. The van der Waals surface area contributed by atoms with Gasteiger partial charge in [-0.25, -0.2) is 0 Å². The van der Waals surface area contributed by atoms with Gasteiger partial charge in [-0.3, -0.25) is 9.59 Å². The summed E-state index contributed by atoms with van der Waals surface area (Å²) >= 11 is 12.6. The molecule has 0 aromatic heterocycles. The molecule has 1 atom stereocenters. The Hall–Kier alpha value is -0.910. The minimum Gasteiger partial charge on any atom is -0.480 e. The third kappa shape index (κ3) is 4.76. The minimum absolute atomic E-state index is 0.0632. The lowest BCUT2D eigenvalue weighted by Crippen LogP contribution is -2.19. The topological polar surface area (TPSA) is 66.4 Å². The van der Waals surface area contributed by atoms with E-state index in [1.165, 1.54) is 13.0 Å². The zero-order valence-corrected chi connectivity index (χ0v) is 11.8. The van der Waals surface area contributed by atoms with E-state index >= 15 is 0 Å². The second-order valence-electron chi connectivity index (χ2n) is 3.47. The normalized spacial score (nSPS) is 11.9. The van der Waals surface area contributed by atoms with Gasteiger partial charge in [0.25, 0.3) is 0 Å². The van der Waals surface area contributed by atoms with E-state index in [0.29, 0.717) is 15.7 Å². The molecular formula is C11H11Cl2NO3S. The van der Waals surface area contributed by atoms with Gasteiger partial charge in [-0.2, -0.15) is 0 Å². The van der Waals surface area contributed by atoms with Gasteiger partial charge in [-0.1, -0.05) is 23.2 Å². The maximum atomic E-state index is 11.5. The van der Waals surface area contributed by atoms with E-state index < -0.39 is 11.2 Å². The molecule has 0 saturated carbocycles. The first kappa shape index (κ1) is 15.1. The summed E-state index contributed by atoms with van der Waals surface area (Å²) in [7, 11) is 0. The Balaban J connectivity index is 2.49. The van der Waals surface area contributed by atoms with Crippen LogP contribution in [0.3, 0.4) is 0 Å². The monoisotopic (exact) mass is 307 g/mol. The SMILES string of the molecule is CC(SCC(=O)Nc1ccc(Cl)c(Cl)c1)C(=O)O. The molecule has 0 saturated heterocycles. The van der Waals surface area contributed by atoms with Crippen molar-refractivity contribution in [3.8, 4) is 0 Å². The fourth-order valence-electron chi connectivity index (χ4n) is 1.04. The van der Waals surface area contributed by atoms with Crippen LogP contribution in [-0.2, 0) is 9.59 Å². The van der Waals surface area contributed by atoms with Crippen molar-refractivity contribution in [3.63, 3.8) is 0 Å². The van der Waals surface area contributed by atoms with Crippen LogP contribution >= 0.6 is 35.0 Å². The summed E-state index contributed by atoms with van der Waals surface area (Å²) in [5.74, 6) is -1.16. The number of anilines is 1. The highest BCUT2D eigenvalue weighted by molar-refractivity contribution is 8.01. The number of nitrogens with one attached hydrogen (secondary N) is 1. The Kier molecular flexibility index (Phi) is 5.78. The van der Waals surface area contributed by atoms with E-state index in [2.05, 4.69) is 5.32 Å². The van der Waals surface area contributed by atoms with Gasteiger partial charge >= 0.3 is 5.97 Å². The molecule has 4 nitrogen and oxygen atoms in total. The number of carbonyl (C=O) groups excluding carboxylic acids is 1. The van der Waals surface area contributed by atoms with E-state index in [9.17, 15) is 9.59 Å². The molecule has 0 heterocycles. The number of amides is 1. The summed E-state index contributed by atoms with van der Waals surface area (Å²) < 4.78 is 0. The number of benzene rings is 1. The number of hydrogen-bond donors (Lipinski definition) is 2. The van der Waals surface area contributed by atoms with Crippen LogP contribution in [0.4, 0.5) is 5.69 Å². The predicted octanol–water partition coefficient (Wildman–Crippen LogP) is 3.14. The van der Waals surface area contributed by atoms with Gasteiger partial charge in [0.05, 0.1) is 21.0 Å². The van der Waals surface area contributed by atoms with Crippen LogP contribution in [0, 0.1) is 0 Å². The Morgan fingerprint density at radius 1 is 1.39 bits per heavy atom. The second kappa shape index (κ2) is 6.87. The lowest BCUT2D eigenvalue weighted by atomic mass is 10.3. The largest absolute Gasteiger partial charge is 0.480 e. The van der Waals surface area contributed by atoms with Gasteiger partial charge in [0, 0.05) is 5.69 Å². The third-order valence-corrected chi connectivity index (χ3v) is 3.89. The molecule has 0 radical (unpaired) electrons. The van der Waals surface area contributed by atoms with Crippen molar-refractivity contribution in [1.82, 2.24) is 0 Å². The highest BCUT2D eigenvalue weighted by Gasteiger charge is 2.13. The summed E-state index contributed by atoms with van der Waals surface area (Å²) in [6, 6.07) is 4.73. The number of carbonyl (C=O) groups is 2. The van der Waals surface area contributed by atoms with Gasteiger partial charge in [0.1, 0.15) is 0 Å². The number of thioether (sulfide) groups is 1. The van der Waals surface area contributed by atoms with Crippen molar-refractivity contribution in [3.05, 3.63) is 28.2 Å². The van der Waals surface area contributed by atoms with Gasteiger partial charge in [-0.15, -0.1) is 11.8 Å². The molecule has 98 valence electrons. The summed E-state index contributed by atoms with van der Waals surface area (Å²) in [5.41, 5.74) is 0.526. The molecule has 1 aromatic carbocycles. The van der Waals surface area contributed by atoms with Crippen LogP contribution in [0.1, 0.15) is 6.92 Å². The van der Waals surface area contributed by atoms with E-state index in [0.717, 1.165) is 11.8 Å². The molecule has 1 unspecified atom stereocenters. The van der Waals surface area contributed by atoms with Crippen molar-refractivity contribution in [1.29, 1.82) is 0 Å². The highest BCUT2D eigenvalue weighted by atomic mass is 35.5. The first-order valence-electron chi connectivity index (χ1n) is 4.99. The fraction of sp³-hybridized carbons (Fsp3) is 0.273. The summed E-state index contributed by atoms with van der Waals surface area (Å²) in [6.07, 6.45) is 0. The first-order chi connectivity index (χ1) is 8.40. The second-order valence-corrected chi connectivity index (χ2v) is 5.61. The average molecular weight is 308 g/mol. The van der Waals surface area contributed by atoms with Crippen molar-refractivity contribution in [2.75, 3.05) is 11.1 Å². The first-order valence-corrected chi connectivity index (χ1v) is 6.80. The number of aliphatic carboxylic acids is 1. The molecule has 0 fully saturated rings. The number of carboxylic acids is 1. The lowest BCUT2D eigenvalue weighted by Gasteiger charge is -2.08. The van der Waals surface area contributed by atoms with Gasteiger partial charge in [-0.05, 0) is 25.1 Å². The molecule has 0 bridgehead atoms. The Bertz CT molecular complexity index is 468. The van der Waals surface area contributed by atoms with Gasteiger partial charge in [0.2, 0.25) is 5.91 Å². The molecule has 0 aliphatic carbocycles. The molecule has 7 heteroatoms. The number of carboxylic acid groups (broad SMARTS) is 1. The number of rotatable bonds is 5. The van der Waals surface area contributed by atoms with Crippen molar-refractivity contribution >= 4 is 52.5 Å². The average Bonchev–Trinajstić information content (AvgIpc) is 2.30. The van der Waals surface area contributed by atoms with Crippen LogP contribution in [-0.4, -0.2) is 28.0 Å². The molecule has 1 rings (SSSR count). The number of hydrogen-bond acceptors (Lipinski definition) is 3. The summed E-state index contributed by atoms with van der Waals surface area (Å²) in [4.78, 5) is 22.1. The van der Waals surface area contributed by atoms with Crippen LogP contribution in [0.15, 0.2) is 18.2 Å². The minimum atomic E-state index is -0.942. The van der Waals surface area contributed by atoms with E-state index in [1.807, 2.05) is 0 Å². The van der Waals surface area contributed by atoms with Crippen molar-refractivity contribution in [2.24, 2.45) is 0 Å². The maximum Gasteiger partial charge on any atom is 0.316 e. The standard InChI is InChI=1S/C11H11Cl2NO3S/c1-6(11(16)17)18-5-10(15)14-7-2-3-8(12)9(13)4-7/h2-4,6H,5H2,1H3,(H,14,15)(H,16,17). The van der Waals surface area contributed by atoms with Crippen LogP contribution in [0.2, 0.25) is 10.0 Å². The van der Waals surface area contributed by atoms with Gasteiger partial charge < -0.3 is 10.4 Å². The van der Waals surface area contributed by atoms with E-state index in [1.54, 1.807) is 12.1 Å². The maximum absolute atomic E-state index is 11.5. The predicted molar refractivity (Wildman–Crippen MR) is 74.6 cm³/mol. The molecule has 1 aromatic rings. The van der Waals surface area contributed by atoms with E-state index in [-0.39, 0.29) is 11.7 Å². The third-order valence-electron chi connectivity index (χ3n) is 2.02. The van der Waals surface area contributed by atoms with E-state index in [4.69, 9.17) is 28.3 Å². The Labute approximate surface area is 119 Å². The fourth-order valence-corrected chi connectivity index (χ4v) is 1.96. The Morgan fingerprint density at radius 3 is 2.61 bits per heavy atom. The quantitative estimate of drug-likeness (QED) is 0.877. The molecule has 1 amide bonds. The molecule has 0 aliphatic heterocycles.